The van der Waals surface area contributed by atoms with Gasteiger partial charge in [-0.2, -0.15) is 0 Å². The van der Waals surface area contributed by atoms with Crippen molar-refractivity contribution in [3.63, 3.8) is 0 Å². The molecule has 1 heterocycles. The van der Waals surface area contributed by atoms with Gasteiger partial charge in [0.1, 0.15) is 0 Å². The monoisotopic (exact) mass is 764 g/mol. The first-order chi connectivity index (χ1) is 29.8. The van der Waals surface area contributed by atoms with E-state index in [9.17, 15) is 0 Å². The van der Waals surface area contributed by atoms with Gasteiger partial charge in [0.15, 0.2) is 0 Å². The largest absolute Gasteiger partial charge is 0.311 e. The molecule has 0 spiro atoms. The summed E-state index contributed by atoms with van der Waals surface area (Å²) >= 11 is 0. The third-order valence-corrected chi connectivity index (χ3v) is 11.8. The van der Waals surface area contributed by atoms with Crippen molar-refractivity contribution in [2.24, 2.45) is 0 Å². The number of para-hydroxylation sites is 2. The molecule has 0 bridgehead atoms. The van der Waals surface area contributed by atoms with Crippen molar-refractivity contribution in [2.45, 2.75) is 0 Å². The van der Waals surface area contributed by atoms with Crippen LogP contribution in [0.3, 0.4) is 0 Å². The molecule has 2 nitrogen and oxygen atoms in total. The SMILES string of the molecule is c1ccc(-c2ccc(N(c3ccccc3)c3ccc(-c4cccc5c(-c6ccc7c(c6)c6ccccc6n7-c6ccc(-c7ccccc7)cc6)cccc45)cc3)cc2)cc1. The van der Waals surface area contributed by atoms with Gasteiger partial charge < -0.3 is 9.47 Å². The van der Waals surface area contributed by atoms with Gasteiger partial charge in [-0.25, -0.2) is 0 Å². The molecule has 0 amide bonds. The first kappa shape index (κ1) is 35.2. The fraction of sp³-hybridized carbons (Fsp3) is 0. The Bertz CT molecular complexity index is 3260. The highest BCUT2D eigenvalue weighted by Gasteiger charge is 2.17. The Morgan fingerprint density at radius 2 is 0.667 bits per heavy atom. The molecule has 0 atom stereocenters. The Labute approximate surface area is 350 Å². The smallest absolute Gasteiger partial charge is 0.0541 e. The lowest BCUT2D eigenvalue weighted by Gasteiger charge is -2.26. The van der Waals surface area contributed by atoms with Crippen LogP contribution in [-0.4, -0.2) is 4.57 Å². The topological polar surface area (TPSA) is 8.17 Å². The van der Waals surface area contributed by atoms with Crippen molar-refractivity contribution in [1.29, 1.82) is 0 Å². The van der Waals surface area contributed by atoms with Gasteiger partial charge in [0.25, 0.3) is 0 Å². The maximum Gasteiger partial charge on any atom is 0.0541 e. The zero-order chi connectivity index (χ0) is 39.8. The van der Waals surface area contributed by atoms with Gasteiger partial charge in [0.05, 0.1) is 11.0 Å². The van der Waals surface area contributed by atoms with Crippen LogP contribution in [0.25, 0.3) is 82.8 Å². The number of fused-ring (bicyclic) bond motifs is 4. The summed E-state index contributed by atoms with van der Waals surface area (Å²) in [6.07, 6.45) is 0. The van der Waals surface area contributed by atoms with Gasteiger partial charge in [-0.15, -0.1) is 0 Å². The molecule has 1 aromatic heterocycles. The van der Waals surface area contributed by atoms with Gasteiger partial charge in [0, 0.05) is 33.5 Å². The van der Waals surface area contributed by atoms with Crippen molar-refractivity contribution in [3.05, 3.63) is 243 Å². The third-order valence-electron chi connectivity index (χ3n) is 11.8. The number of anilines is 3. The van der Waals surface area contributed by atoms with Gasteiger partial charge in [-0.3, -0.25) is 0 Å². The van der Waals surface area contributed by atoms with Gasteiger partial charge in [-0.1, -0.05) is 176 Å². The fourth-order valence-corrected chi connectivity index (χ4v) is 8.91. The van der Waals surface area contributed by atoms with Crippen LogP contribution in [0.5, 0.6) is 0 Å². The van der Waals surface area contributed by atoms with Crippen molar-refractivity contribution in [2.75, 3.05) is 4.90 Å². The van der Waals surface area contributed by atoms with E-state index < -0.39 is 0 Å². The predicted octanol–water partition coefficient (Wildman–Crippen LogP) is 16.1. The van der Waals surface area contributed by atoms with E-state index in [1.807, 2.05) is 0 Å². The summed E-state index contributed by atoms with van der Waals surface area (Å²) in [7, 11) is 0. The lowest BCUT2D eigenvalue weighted by Crippen LogP contribution is -2.09. The van der Waals surface area contributed by atoms with E-state index in [1.54, 1.807) is 0 Å². The summed E-state index contributed by atoms with van der Waals surface area (Å²) < 4.78 is 2.40. The summed E-state index contributed by atoms with van der Waals surface area (Å²) in [5, 5.41) is 4.97. The number of aromatic nitrogens is 1. The zero-order valence-electron chi connectivity index (χ0n) is 33.0. The van der Waals surface area contributed by atoms with E-state index in [2.05, 4.69) is 252 Å². The Balaban J connectivity index is 0.951. The molecule has 60 heavy (non-hydrogen) atoms. The molecule has 0 saturated heterocycles. The van der Waals surface area contributed by atoms with Crippen LogP contribution in [0.1, 0.15) is 0 Å². The van der Waals surface area contributed by atoms with Gasteiger partial charge in [0.2, 0.25) is 0 Å². The van der Waals surface area contributed by atoms with Crippen LogP contribution in [0, 0.1) is 0 Å². The number of benzene rings is 10. The van der Waals surface area contributed by atoms with Crippen LogP contribution in [-0.2, 0) is 0 Å². The van der Waals surface area contributed by atoms with Gasteiger partial charge in [-0.05, 0) is 122 Å². The van der Waals surface area contributed by atoms with Crippen LogP contribution in [0.4, 0.5) is 17.1 Å². The molecule has 0 saturated carbocycles. The van der Waals surface area contributed by atoms with Crippen LogP contribution >= 0.6 is 0 Å². The highest BCUT2D eigenvalue weighted by Crippen LogP contribution is 2.41. The van der Waals surface area contributed by atoms with Crippen LogP contribution in [0.2, 0.25) is 0 Å². The molecule has 0 N–H and O–H groups in total. The third kappa shape index (κ3) is 6.32. The average molecular weight is 765 g/mol. The second-order valence-electron chi connectivity index (χ2n) is 15.3. The van der Waals surface area contributed by atoms with Crippen molar-refractivity contribution in [1.82, 2.24) is 4.57 Å². The van der Waals surface area contributed by atoms with E-state index in [0.29, 0.717) is 0 Å². The number of rotatable bonds is 8. The normalized spacial score (nSPS) is 11.3. The van der Waals surface area contributed by atoms with E-state index in [4.69, 9.17) is 0 Å². The lowest BCUT2D eigenvalue weighted by atomic mass is 9.92. The van der Waals surface area contributed by atoms with E-state index in [1.165, 1.54) is 77.1 Å². The first-order valence-electron chi connectivity index (χ1n) is 20.6. The second kappa shape index (κ2) is 15.1. The summed E-state index contributed by atoms with van der Waals surface area (Å²) in [6.45, 7) is 0. The molecule has 282 valence electrons. The Kier molecular flexibility index (Phi) is 8.87. The Morgan fingerprint density at radius 3 is 1.27 bits per heavy atom. The second-order valence-corrected chi connectivity index (χ2v) is 15.3. The summed E-state index contributed by atoms with van der Waals surface area (Å²) in [6, 6.07) is 87.7. The lowest BCUT2D eigenvalue weighted by molar-refractivity contribution is 1.18. The molecule has 11 aromatic rings. The Hall–Kier alpha value is -7.94. The van der Waals surface area contributed by atoms with Crippen molar-refractivity contribution >= 4 is 49.6 Å². The summed E-state index contributed by atoms with van der Waals surface area (Å²) in [5.74, 6) is 0. The maximum atomic E-state index is 2.40. The van der Waals surface area contributed by atoms with E-state index >= 15 is 0 Å². The highest BCUT2D eigenvalue weighted by atomic mass is 15.1. The molecular formula is C58H40N2. The van der Waals surface area contributed by atoms with Gasteiger partial charge >= 0.3 is 0 Å². The molecule has 10 aromatic carbocycles. The van der Waals surface area contributed by atoms with Crippen LogP contribution < -0.4 is 4.90 Å². The quantitative estimate of drug-likeness (QED) is 0.150. The average Bonchev–Trinajstić information content (AvgIpc) is 3.66. The summed E-state index contributed by atoms with van der Waals surface area (Å²) in [5.41, 5.74) is 16.6. The molecule has 0 aliphatic carbocycles. The zero-order valence-corrected chi connectivity index (χ0v) is 33.0. The Morgan fingerprint density at radius 1 is 0.250 bits per heavy atom. The van der Waals surface area contributed by atoms with E-state index in [0.717, 1.165) is 22.7 Å². The molecule has 2 heteroatoms. The van der Waals surface area contributed by atoms with Crippen molar-refractivity contribution in [3.8, 4) is 50.2 Å². The molecular weight excluding hydrogens is 725 g/mol. The minimum Gasteiger partial charge on any atom is -0.311 e. The fourth-order valence-electron chi connectivity index (χ4n) is 8.91. The minimum atomic E-state index is 1.11. The molecule has 0 aliphatic heterocycles. The molecule has 11 rings (SSSR count). The van der Waals surface area contributed by atoms with E-state index in [-0.39, 0.29) is 0 Å². The predicted molar refractivity (Wildman–Crippen MR) is 255 cm³/mol. The number of nitrogens with zero attached hydrogens (tertiary/aromatic N) is 2. The molecule has 0 fully saturated rings. The number of hydrogen-bond donors (Lipinski definition) is 0. The standard InChI is InChI=1S/C58H40N2/c1-4-14-41(15-5-1)43-26-33-48(34-27-43)59(47-18-8-3-9-19-47)49-37-30-45(31-38-49)51-21-12-24-54-52(22-13-23-53(51)54)46-32-39-58-56(40-46)55-20-10-11-25-57(55)60(58)50-35-28-44(29-36-50)42-16-6-2-7-17-42/h1-40H. The molecule has 0 radical (unpaired) electrons. The minimum absolute atomic E-state index is 1.11. The molecule has 0 aliphatic rings. The van der Waals surface area contributed by atoms with Crippen LogP contribution in [0.15, 0.2) is 243 Å². The summed E-state index contributed by atoms with van der Waals surface area (Å²) in [4.78, 5) is 2.33. The number of hydrogen-bond acceptors (Lipinski definition) is 1. The first-order valence-corrected chi connectivity index (χ1v) is 20.6. The highest BCUT2D eigenvalue weighted by molar-refractivity contribution is 6.12. The van der Waals surface area contributed by atoms with Crippen molar-refractivity contribution < 1.29 is 0 Å². The molecule has 0 unspecified atom stereocenters. The maximum absolute atomic E-state index is 2.40.